The number of benzene rings is 1. The first kappa shape index (κ1) is 15.0. The lowest BCUT2D eigenvalue weighted by atomic mass is 9.75. The predicted octanol–water partition coefficient (Wildman–Crippen LogP) is 2.25. The molecule has 0 unspecified atom stereocenters. The largest absolute Gasteiger partial charge is 0.312 e. The average molecular weight is 287 g/mol. The molecule has 3 nitrogen and oxygen atoms in total. The van der Waals surface area contributed by atoms with Gasteiger partial charge in [-0.05, 0) is 70.1 Å². The molecule has 1 N–H and O–H groups in total. The first-order valence-corrected chi connectivity index (χ1v) is 8.26. The number of hydrogen-bond acceptors (Lipinski definition) is 3. The van der Waals surface area contributed by atoms with E-state index in [0.29, 0.717) is 5.54 Å². The molecule has 0 atom stereocenters. The van der Waals surface area contributed by atoms with Crippen LogP contribution in [0.2, 0.25) is 0 Å². The van der Waals surface area contributed by atoms with Crippen LogP contribution in [0, 0.1) is 0 Å². The fourth-order valence-electron chi connectivity index (χ4n) is 3.83. The molecule has 3 rings (SSSR count). The fraction of sp³-hybridized carbons (Fsp3) is 0.667. The maximum absolute atomic E-state index is 3.47. The molecule has 1 fully saturated rings. The predicted molar refractivity (Wildman–Crippen MR) is 88.5 cm³/mol. The van der Waals surface area contributed by atoms with Crippen LogP contribution in [-0.4, -0.2) is 49.6 Å². The minimum atomic E-state index is 0.421. The molecule has 1 heterocycles. The highest BCUT2D eigenvalue weighted by molar-refractivity contribution is 5.33. The van der Waals surface area contributed by atoms with Crippen molar-refractivity contribution in [1.82, 2.24) is 15.1 Å². The SMILES string of the molecule is CN(Cc1ccc2c(c1)CNCC2)CC1(N(C)C)CCC1. The number of fused-ring (bicyclic) bond motifs is 1. The van der Waals surface area contributed by atoms with Crippen LogP contribution < -0.4 is 5.32 Å². The van der Waals surface area contributed by atoms with Gasteiger partial charge >= 0.3 is 0 Å². The zero-order chi connectivity index (χ0) is 14.9. The second-order valence-electron chi connectivity index (χ2n) is 7.17. The lowest BCUT2D eigenvalue weighted by Gasteiger charge is -2.49. The Balaban J connectivity index is 1.63. The summed E-state index contributed by atoms with van der Waals surface area (Å²) in [5, 5.41) is 3.47. The molecule has 0 saturated heterocycles. The molecule has 1 aromatic rings. The summed E-state index contributed by atoms with van der Waals surface area (Å²) in [6, 6.07) is 7.06. The van der Waals surface area contributed by atoms with Gasteiger partial charge in [-0.15, -0.1) is 0 Å². The van der Waals surface area contributed by atoms with E-state index in [1.807, 2.05) is 0 Å². The second-order valence-corrected chi connectivity index (χ2v) is 7.17. The third kappa shape index (κ3) is 3.15. The third-order valence-electron chi connectivity index (χ3n) is 5.41. The van der Waals surface area contributed by atoms with Gasteiger partial charge in [-0.3, -0.25) is 0 Å². The van der Waals surface area contributed by atoms with Crippen molar-refractivity contribution in [2.45, 2.75) is 44.3 Å². The summed E-state index contributed by atoms with van der Waals surface area (Å²) in [5.41, 5.74) is 4.90. The Labute approximate surface area is 129 Å². The van der Waals surface area contributed by atoms with Gasteiger partial charge in [0.1, 0.15) is 0 Å². The molecule has 1 aliphatic carbocycles. The van der Waals surface area contributed by atoms with Gasteiger partial charge in [-0.2, -0.15) is 0 Å². The molecule has 1 aromatic carbocycles. The standard InChI is InChI=1S/C18H29N3/c1-20(2)18(8-4-9-18)14-21(3)13-15-5-6-16-7-10-19-12-17(16)11-15/h5-6,11,19H,4,7-10,12-14H2,1-3H3. The summed E-state index contributed by atoms with van der Waals surface area (Å²) < 4.78 is 0. The van der Waals surface area contributed by atoms with Gasteiger partial charge in [0.05, 0.1) is 0 Å². The van der Waals surface area contributed by atoms with Crippen LogP contribution in [-0.2, 0) is 19.5 Å². The number of likely N-dealkylation sites (N-methyl/N-ethyl adjacent to an activating group) is 2. The normalized spacial score (nSPS) is 20.4. The lowest BCUT2D eigenvalue weighted by Crippen LogP contribution is -2.56. The van der Waals surface area contributed by atoms with Gasteiger partial charge in [-0.25, -0.2) is 0 Å². The minimum Gasteiger partial charge on any atom is -0.312 e. The van der Waals surface area contributed by atoms with Crippen LogP contribution in [0.4, 0.5) is 0 Å². The number of hydrogen-bond donors (Lipinski definition) is 1. The Morgan fingerprint density at radius 1 is 1.14 bits per heavy atom. The minimum absolute atomic E-state index is 0.421. The molecular weight excluding hydrogens is 258 g/mol. The summed E-state index contributed by atoms with van der Waals surface area (Å²) in [7, 11) is 6.73. The Morgan fingerprint density at radius 3 is 2.62 bits per heavy atom. The topological polar surface area (TPSA) is 18.5 Å². The maximum atomic E-state index is 3.47. The molecule has 0 spiro atoms. The summed E-state index contributed by atoms with van der Waals surface area (Å²) in [6.45, 7) is 4.39. The Kier molecular flexibility index (Phi) is 4.34. The quantitative estimate of drug-likeness (QED) is 0.896. The van der Waals surface area contributed by atoms with Crippen LogP contribution in [0.5, 0.6) is 0 Å². The molecule has 0 radical (unpaired) electrons. The van der Waals surface area contributed by atoms with Crippen molar-refractivity contribution in [2.24, 2.45) is 0 Å². The monoisotopic (exact) mass is 287 g/mol. The zero-order valence-electron chi connectivity index (χ0n) is 13.8. The molecule has 1 saturated carbocycles. The summed E-state index contributed by atoms with van der Waals surface area (Å²) in [4.78, 5) is 4.93. The Bertz CT molecular complexity index is 491. The molecule has 0 bridgehead atoms. The van der Waals surface area contributed by atoms with Crippen molar-refractivity contribution >= 4 is 0 Å². The molecule has 2 aliphatic rings. The molecule has 0 aromatic heterocycles. The van der Waals surface area contributed by atoms with E-state index in [4.69, 9.17) is 0 Å². The maximum Gasteiger partial charge on any atom is 0.0330 e. The molecule has 21 heavy (non-hydrogen) atoms. The van der Waals surface area contributed by atoms with E-state index in [2.05, 4.69) is 54.5 Å². The van der Waals surface area contributed by atoms with Crippen LogP contribution in [0.15, 0.2) is 18.2 Å². The van der Waals surface area contributed by atoms with E-state index < -0.39 is 0 Å². The van der Waals surface area contributed by atoms with Crippen molar-refractivity contribution in [2.75, 3.05) is 34.2 Å². The van der Waals surface area contributed by atoms with Crippen molar-refractivity contribution in [1.29, 1.82) is 0 Å². The lowest BCUT2D eigenvalue weighted by molar-refractivity contribution is 0.0259. The van der Waals surface area contributed by atoms with Gasteiger partial charge in [0.25, 0.3) is 0 Å². The Morgan fingerprint density at radius 2 is 1.95 bits per heavy atom. The highest BCUT2D eigenvalue weighted by Gasteiger charge is 2.39. The molecule has 1 aliphatic heterocycles. The van der Waals surface area contributed by atoms with Gasteiger partial charge in [0, 0.05) is 25.2 Å². The Hall–Kier alpha value is -0.900. The molecule has 116 valence electrons. The highest BCUT2D eigenvalue weighted by Crippen LogP contribution is 2.36. The van der Waals surface area contributed by atoms with Crippen LogP contribution >= 0.6 is 0 Å². The smallest absolute Gasteiger partial charge is 0.0330 e. The van der Waals surface area contributed by atoms with E-state index in [9.17, 15) is 0 Å². The van der Waals surface area contributed by atoms with Crippen molar-refractivity contribution in [3.63, 3.8) is 0 Å². The molecule has 3 heteroatoms. The molecular formula is C18H29N3. The zero-order valence-corrected chi connectivity index (χ0v) is 13.8. The number of nitrogens with one attached hydrogen (secondary N) is 1. The van der Waals surface area contributed by atoms with Crippen molar-refractivity contribution < 1.29 is 0 Å². The van der Waals surface area contributed by atoms with Gasteiger partial charge in [0.15, 0.2) is 0 Å². The second kappa shape index (κ2) is 6.07. The average Bonchev–Trinajstić information content (AvgIpc) is 2.42. The van der Waals surface area contributed by atoms with Crippen molar-refractivity contribution in [3.05, 3.63) is 34.9 Å². The fourth-order valence-corrected chi connectivity index (χ4v) is 3.83. The van der Waals surface area contributed by atoms with E-state index in [1.54, 1.807) is 0 Å². The van der Waals surface area contributed by atoms with E-state index in [0.717, 1.165) is 19.6 Å². The summed E-state index contributed by atoms with van der Waals surface area (Å²) >= 11 is 0. The summed E-state index contributed by atoms with van der Waals surface area (Å²) in [5.74, 6) is 0. The van der Waals surface area contributed by atoms with Crippen molar-refractivity contribution in [3.8, 4) is 0 Å². The summed E-state index contributed by atoms with van der Waals surface area (Å²) in [6.07, 6.45) is 5.25. The van der Waals surface area contributed by atoms with E-state index in [-0.39, 0.29) is 0 Å². The van der Waals surface area contributed by atoms with Crippen LogP contribution in [0.3, 0.4) is 0 Å². The van der Waals surface area contributed by atoms with Gasteiger partial charge in [0.2, 0.25) is 0 Å². The van der Waals surface area contributed by atoms with Crippen LogP contribution in [0.1, 0.15) is 36.0 Å². The van der Waals surface area contributed by atoms with E-state index >= 15 is 0 Å². The van der Waals surface area contributed by atoms with Gasteiger partial charge in [-0.1, -0.05) is 18.2 Å². The first-order valence-electron chi connectivity index (χ1n) is 8.26. The first-order chi connectivity index (χ1) is 10.1. The van der Waals surface area contributed by atoms with Gasteiger partial charge < -0.3 is 15.1 Å². The van der Waals surface area contributed by atoms with E-state index in [1.165, 1.54) is 48.9 Å². The van der Waals surface area contributed by atoms with Crippen LogP contribution in [0.25, 0.3) is 0 Å². The highest BCUT2D eigenvalue weighted by atomic mass is 15.2. The number of nitrogens with zero attached hydrogens (tertiary/aromatic N) is 2. The third-order valence-corrected chi connectivity index (χ3v) is 5.41. The number of rotatable bonds is 5. The molecule has 0 amide bonds.